The first-order valence-corrected chi connectivity index (χ1v) is 7.69. The molecule has 0 aromatic carbocycles. The summed E-state index contributed by atoms with van der Waals surface area (Å²) in [6.07, 6.45) is 0.390. The SMILES string of the molecule is CCc1c(C(=O)N2CCOCC2CC(=O)O)[nH]c(C)c1C(C)=O. The Balaban J connectivity index is 2.37. The van der Waals surface area contributed by atoms with Gasteiger partial charge in [0.2, 0.25) is 0 Å². The van der Waals surface area contributed by atoms with Crippen LogP contribution in [0.1, 0.15) is 52.4 Å². The fraction of sp³-hybridized carbons (Fsp3) is 0.562. The van der Waals surface area contributed by atoms with E-state index in [-0.39, 0.29) is 24.7 Å². The van der Waals surface area contributed by atoms with Crippen molar-refractivity contribution in [2.45, 2.75) is 39.7 Å². The number of aryl methyl sites for hydroxylation is 1. The number of aromatic amines is 1. The summed E-state index contributed by atoms with van der Waals surface area (Å²) in [7, 11) is 0. The largest absolute Gasteiger partial charge is 0.481 e. The summed E-state index contributed by atoms with van der Waals surface area (Å²) in [4.78, 5) is 40.3. The van der Waals surface area contributed by atoms with Crippen LogP contribution in [-0.4, -0.2) is 58.5 Å². The van der Waals surface area contributed by atoms with E-state index in [0.717, 1.165) is 0 Å². The highest BCUT2D eigenvalue weighted by Gasteiger charge is 2.32. The van der Waals surface area contributed by atoms with Crippen molar-refractivity contribution in [2.75, 3.05) is 19.8 Å². The molecule has 2 N–H and O–H groups in total. The Hall–Kier alpha value is -2.15. The smallest absolute Gasteiger partial charge is 0.305 e. The lowest BCUT2D eigenvalue weighted by Gasteiger charge is -2.34. The van der Waals surface area contributed by atoms with E-state index in [9.17, 15) is 14.4 Å². The number of H-pyrrole nitrogens is 1. The van der Waals surface area contributed by atoms with Crippen LogP contribution in [-0.2, 0) is 16.0 Å². The van der Waals surface area contributed by atoms with Crippen molar-refractivity contribution in [3.05, 3.63) is 22.5 Å². The third-order valence-corrected chi connectivity index (χ3v) is 4.11. The molecule has 1 amide bonds. The van der Waals surface area contributed by atoms with Gasteiger partial charge in [-0.1, -0.05) is 6.92 Å². The van der Waals surface area contributed by atoms with Gasteiger partial charge in [0.1, 0.15) is 5.69 Å². The minimum atomic E-state index is -0.971. The number of nitrogens with zero attached hydrogens (tertiary/aromatic N) is 1. The second kappa shape index (κ2) is 6.95. The molecule has 7 nitrogen and oxygen atoms in total. The highest BCUT2D eigenvalue weighted by Crippen LogP contribution is 2.23. The van der Waals surface area contributed by atoms with Crippen molar-refractivity contribution in [2.24, 2.45) is 0 Å². The maximum absolute atomic E-state index is 12.9. The zero-order valence-corrected chi connectivity index (χ0v) is 13.6. The Labute approximate surface area is 134 Å². The lowest BCUT2D eigenvalue weighted by atomic mass is 10.0. The fourth-order valence-electron chi connectivity index (χ4n) is 3.13. The summed E-state index contributed by atoms with van der Waals surface area (Å²) in [5.41, 5.74) is 2.30. The van der Waals surface area contributed by atoms with Crippen molar-refractivity contribution < 1.29 is 24.2 Å². The molecular weight excluding hydrogens is 300 g/mol. The third-order valence-electron chi connectivity index (χ3n) is 4.11. The predicted octanol–water partition coefficient (Wildman–Crippen LogP) is 1.40. The molecule has 0 radical (unpaired) electrons. The van der Waals surface area contributed by atoms with Gasteiger partial charge in [-0.15, -0.1) is 0 Å². The molecule has 126 valence electrons. The first-order chi connectivity index (χ1) is 10.9. The monoisotopic (exact) mass is 322 g/mol. The van der Waals surface area contributed by atoms with Crippen molar-refractivity contribution in [1.82, 2.24) is 9.88 Å². The lowest BCUT2D eigenvalue weighted by Crippen LogP contribution is -2.49. The highest BCUT2D eigenvalue weighted by molar-refractivity contribution is 6.02. The van der Waals surface area contributed by atoms with E-state index in [0.29, 0.717) is 42.1 Å². The summed E-state index contributed by atoms with van der Waals surface area (Å²) >= 11 is 0. The number of hydrogen-bond donors (Lipinski definition) is 2. The standard InChI is InChI=1S/C16H22N2O5/c1-4-12-14(10(3)19)9(2)17-15(12)16(22)18-5-6-23-8-11(18)7-13(20)21/h11,17H,4-8H2,1-3H3,(H,20,21). The number of carbonyl (C=O) groups excluding carboxylic acids is 2. The molecule has 1 aromatic heterocycles. The molecule has 0 bridgehead atoms. The van der Waals surface area contributed by atoms with Crippen LogP contribution in [0.5, 0.6) is 0 Å². The van der Waals surface area contributed by atoms with E-state index in [1.165, 1.54) is 11.8 Å². The number of aliphatic carboxylic acids is 1. The van der Waals surface area contributed by atoms with Crippen LogP contribution in [0.15, 0.2) is 0 Å². The molecule has 1 saturated heterocycles. The van der Waals surface area contributed by atoms with Gasteiger partial charge in [-0.05, 0) is 25.8 Å². The van der Waals surface area contributed by atoms with E-state index in [2.05, 4.69) is 4.98 Å². The normalized spacial score (nSPS) is 18.0. The molecular formula is C16H22N2O5. The van der Waals surface area contributed by atoms with Crippen LogP contribution in [0.3, 0.4) is 0 Å². The summed E-state index contributed by atoms with van der Waals surface area (Å²) in [5, 5.41) is 9.01. The molecule has 0 aliphatic carbocycles. The molecule has 2 rings (SSSR count). The second-order valence-corrected chi connectivity index (χ2v) is 5.71. The number of carboxylic acids is 1. The van der Waals surface area contributed by atoms with E-state index < -0.39 is 12.0 Å². The maximum atomic E-state index is 12.9. The number of rotatable bonds is 5. The van der Waals surface area contributed by atoms with Gasteiger partial charge in [0.25, 0.3) is 5.91 Å². The molecule has 1 aliphatic rings. The number of amides is 1. The van der Waals surface area contributed by atoms with Gasteiger partial charge in [-0.3, -0.25) is 14.4 Å². The first kappa shape index (κ1) is 17.2. The van der Waals surface area contributed by atoms with Crippen LogP contribution >= 0.6 is 0 Å². The number of carbonyl (C=O) groups is 3. The van der Waals surface area contributed by atoms with Gasteiger partial charge in [0.15, 0.2) is 5.78 Å². The zero-order chi connectivity index (χ0) is 17.1. The molecule has 0 saturated carbocycles. The van der Waals surface area contributed by atoms with Crippen LogP contribution in [0.2, 0.25) is 0 Å². The first-order valence-electron chi connectivity index (χ1n) is 7.69. The Morgan fingerprint density at radius 2 is 2.09 bits per heavy atom. The minimum absolute atomic E-state index is 0.0845. The number of ether oxygens (including phenoxy) is 1. The Morgan fingerprint density at radius 3 is 2.65 bits per heavy atom. The summed E-state index contributed by atoms with van der Waals surface area (Å²) in [5.74, 6) is -1.33. The van der Waals surface area contributed by atoms with Gasteiger partial charge < -0.3 is 19.7 Å². The molecule has 1 unspecified atom stereocenters. The Bertz CT molecular complexity index is 635. The number of morpholine rings is 1. The van der Waals surface area contributed by atoms with Gasteiger partial charge >= 0.3 is 5.97 Å². The summed E-state index contributed by atoms with van der Waals surface area (Å²) < 4.78 is 5.30. The van der Waals surface area contributed by atoms with Gasteiger partial charge in [0.05, 0.1) is 25.7 Å². The number of carboxylic acid groups (broad SMARTS) is 1. The van der Waals surface area contributed by atoms with Crippen molar-refractivity contribution in [1.29, 1.82) is 0 Å². The molecule has 2 heterocycles. The van der Waals surface area contributed by atoms with Crippen LogP contribution in [0, 0.1) is 6.92 Å². The Morgan fingerprint density at radius 1 is 1.39 bits per heavy atom. The second-order valence-electron chi connectivity index (χ2n) is 5.71. The predicted molar refractivity (Wildman–Crippen MR) is 82.8 cm³/mol. The van der Waals surface area contributed by atoms with E-state index in [1.54, 1.807) is 6.92 Å². The molecule has 0 spiro atoms. The lowest BCUT2D eigenvalue weighted by molar-refractivity contribution is -0.139. The van der Waals surface area contributed by atoms with Gasteiger partial charge in [-0.25, -0.2) is 0 Å². The third kappa shape index (κ3) is 3.44. The van der Waals surface area contributed by atoms with Gasteiger partial charge in [0, 0.05) is 17.8 Å². The maximum Gasteiger partial charge on any atom is 0.305 e. The number of hydrogen-bond acceptors (Lipinski definition) is 4. The quantitative estimate of drug-likeness (QED) is 0.798. The van der Waals surface area contributed by atoms with E-state index in [1.807, 2.05) is 6.92 Å². The van der Waals surface area contributed by atoms with Crippen LogP contribution in [0.25, 0.3) is 0 Å². The minimum Gasteiger partial charge on any atom is -0.481 e. The van der Waals surface area contributed by atoms with Crippen molar-refractivity contribution in [3.63, 3.8) is 0 Å². The van der Waals surface area contributed by atoms with E-state index >= 15 is 0 Å². The zero-order valence-electron chi connectivity index (χ0n) is 13.6. The van der Waals surface area contributed by atoms with E-state index in [4.69, 9.17) is 9.84 Å². The molecule has 1 fully saturated rings. The van der Waals surface area contributed by atoms with Crippen molar-refractivity contribution >= 4 is 17.7 Å². The summed E-state index contributed by atoms with van der Waals surface area (Å²) in [6, 6.07) is -0.497. The van der Waals surface area contributed by atoms with Crippen LogP contribution < -0.4 is 0 Å². The number of aromatic nitrogens is 1. The average molecular weight is 322 g/mol. The fourth-order valence-corrected chi connectivity index (χ4v) is 3.13. The van der Waals surface area contributed by atoms with Gasteiger partial charge in [-0.2, -0.15) is 0 Å². The highest BCUT2D eigenvalue weighted by atomic mass is 16.5. The topological polar surface area (TPSA) is 99.7 Å². The summed E-state index contributed by atoms with van der Waals surface area (Å²) in [6.45, 7) is 6.06. The number of ketones is 1. The van der Waals surface area contributed by atoms with Crippen molar-refractivity contribution in [3.8, 4) is 0 Å². The molecule has 1 aromatic rings. The molecule has 23 heavy (non-hydrogen) atoms. The van der Waals surface area contributed by atoms with Crippen LogP contribution in [0.4, 0.5) is 0 Å². The number of nitrogens with one attached hydrogen (secondary N) is 1. The molecule has 7 heteroatoms. The molecule has 1 atom stereocenters. The average Bonchev–Trinajstić information content (AvgIpc) is 2.83. The Kier molecular flexibility index (Phi) is 5.20. The number of Topliss-reactive ketones (excluding diaryl/α,β-unsaturated/α-hetero) is 1. The molecule has 1 aliphatic heterocycles.